The van der Waals surface area contributed by atoms with Crippen molar-refractivity contribution in [3.63, 3.8) is 0 Å². The topological polar surface area (TPSA) is 32.3 Å². The van der Waals surface area contributed by atoms with Crippen LogP contribution in [-0.2, 0) is 11.3 Å². The molecule has 1 aromatic heterocycles. The number of thiophene rings is 1. The van der Waals surface area contributed by atoms with E-state index in [1.54, 1.807) is 6.08 Å². The second-order valence-electron chi connectivity index (χ2n) is 5.60. The van der Waals surface area contributed by atoms with Crippen LogP contribution in [0.2, 0.25) is 4.34 Å². The minimum absolute atomic E-state index is 0.143. The second-order valence-corrected chi connectivity index (χ2v) is 7.40. The molecule has 2 fully saturated rings. The molecule has 3 rings (SSSR count). The number of halogens is 1. The Labute approximate surface area is 128 Å². The molecule has 1 aromatic rings. The fourth-order valence-electron chi connectivity index (χ4n) is 3.34. The summed E-state index contributed by atoms with van der Waals surface area (Å²) in [5.41, 5.74) is 0. The summed E-state index contributed by atoms with van der Waals surface area (Å²) < 4.78 is 0.771. The van der Waals surface area contributed by atoms with Gasteiger partial charge < -0.3 is 10.2 Å². The van der Waals surface area contributed by atoms with E-state index in [9.17, 15) is 4.79 Å². The van der Waals surface area contributed by atoms with Crippen LogP contribution in [-0.4, -0.2) is 29.4 Å². The number of nitrogens with one attached hydrogen (secondary N) is 1. The standard InChI is InChI=1S/C15H19ClN2OS/c1-2-7-18(9-11-4-6-14(16)20-11)15(19)12-8-10-3-5-13(12)17-10/h2,4,6,10,12-13,17H,1,3,5,7-9H2. The first-order valence-electron chi connectivity index (χ1n) is 7.07. The van der Waals surface area contributed by atoms with Crippen LogP contribution in [0.5, 0.6) is 0 Å². The maximum absolute atomic E-state index is 12.7. The summed E-state index contributed by atoms with van der Waals surface area (Å²) >= 11 is 7.50. The first-order chi connectivity index (χ1) is 9.67. The van der Waals surface area contributed by atoms with Gasteiger partial charge in [-0.25, -0.2) is 0 Å². The summed E-state index contributed by atoms with van der Waals surface area (Å²) in [5, 5.41) is 3.53. The van der Waals surface area contributed by atoms with E-state index in [4.69, 9.17) is 11.6 Å². The van der Waals surface area contributed by atoms with Crippen molar-refractivity contribution in [3.05, 3.63) is 34.0 Å². The molecule has 0 spiro atoms. The van der Waals surface area contributed by atoms with Gasteiger partial charge >= 0.3 is 0 Å². The quantitative estimate of drug-likeness (QED) is 0.848. The van der Waals surface area contributed by atoms with Crippen LogP contribution in [0.25, 0.3) is 0 Å². The van der Waals surface area contributed by atoms with Crippen molar-refractivity contribution in [1.82, 2.24) is 10.2 Å². The Morgan fingerprint density at radius 3 is 2.95 bits per heavy atom. The Hall–Kier alpha value is -0.840. The summed E-state index contributed by atoms with van der Waals surface area (Å²) in [6, 6.07) is 4.81. The molecule has 2 saturated heterocycles. The highest BCUT2D eigenvalue weighted by Gasteiger charge is 2.43. The number of hydrogen-bond donors (Lipinski definition) is 1. The maximum atomic E-state index is 12.7. The minimum Gasteiger partial charge on any atom is -0.334 e. The Morgan fingerprint density at radius 1 is 1.55 bits per heavy atom. The number of carbonyl (C=O) groups is 1. The van der Waals surface area contributed by atoms with Crippen LogP contribution in [0.4, 0.5) is 0 Å². The fourth-order valence-corrected chi connectivity index (χ4v) is 4.45. The van der Waals surface area contributed by atoms with Gasteiger partial charge in [0.1, 0.15) is 0 Å². The molecule has 3 nitrogen and oxygen atoms in total. The van der Waals surface area contributed by atoms with Gasteiger partial charge in [-0.05, 0) is 31.4 Å². The third-order valence-corrected chi connectivity index (χ3v) is 5.47. The van der Waals surface area contributed by atoms with Crippen molar-refractivity contribution >= 4 is 28.8 Å². The zero-order chi connectivity index (χ0) is 14.1. The van der Waals surface area contributed by atoms with Gasteiger partial charge in [-0.2, -0.15) is 0 Å². The van der Waals surface area contributed by atoms with E-state index in [1.807, 2.05) is 17.0 Å². The predicted octanol–water partition coefficient (Wildman–Crippen LogP) is 3.06. The zero-order valence-electron chi connectivity index (χ0n) is 11.3. The van der Waals surface area contributed by atoms with Crippen molar-refractivity contribution in [1.29, 1.82) is 0 Å². The lowest BCUT2D eigenvalue weighted by molar-refractivity contribution is -0.136. The maximum Gasteiger partial charge on any atom is 0.227 e. The smallest absolute Gasteiger partial charge is 0.227 e. The molecule has 3 unspecified atom stereocenters. The molecule has 1 N–H and O–H groups in total. The van der Waals surface area contributed by atoms with Crippen LogP contribution < -0.4 is 5.32 Å². The summed E-state index contributed by atoms with van der Waals surface area (Å²) in [6.07, 6.45) is 5.14. The highest BCUT2D eigenvalue weighted by Crippen LogP contribution is 2.35. The van der Waals surface area contributed by atoms with Crippen LogP contribution in [0.1, 0.15) is 24.1 Å². The van der Waals surface area contributed by atoms with E-state index in [2.05, 4.69) is 11.9 Å². The number of fused-ring (bicyclic) bond motifs is 2. The molecule has 2 aliphatic heterocycles. The molecule has 108 valence electrons. The van der Waals surface area contributed by atoms with Gasteiger partial charge in [0.05, 0.1) is 16.8 Å². The van der Waals surface area contributed by atoms with Gasteiger partial charge in [0.25, 0.3) is 0 Å². The number of rotatable bonds is 5. The zero-order valence-corrected chi connectivity index (χ0v) is 12.9. The summed E-state index contributed by atoms with van der Waals surface area (Å²) in [5.74, 6) is 0.401. The van der Waals surface area contributed by atoms with Crippen molar-refractivity contribution in [3.8, 4) is 0 Å². The Bertz CT molecular complexity index is 516. The van der Waals surface area contributed by atoms with Gasteiger partial charge in [-0.3, -0.25) is 4.79 Å². The normalized spacial score (nSPS) is 27.8. The van der Waals surface area contributed by atoms with Crippen LogP contribution in [0.15, 0.2) is 24.8 Å². The first-order valence-corrected chi connectivity index (χ1v) is 8.26. The van der Waals surface area contributed by atoms with Crippen molar-refractivity contribution in [2.24, 2.45) is 5.92 Å². The molecule has 3 atom stereocenters. The summed E-state index contributed by atoms with van der Waals surface area (Å²) in [7, 11) is 0. The molecule has 2 bridgehead atoms. The average Bonchev–Trinajstić information content (AvgIpc) is 3.14. The van der Waals surface area contributed by atoms with E-state index in [-0.39, 0.29) is 11.8 Å². The van der Waals surface area contributed by atoms with Gasteiger partial charge in [0.15, 0.2) is 0 Å². The summed E-state index contributed by atoms with van der Waals surface area (Å²) in [4.78, 5) is 15.8. The van der Waals surface area contributed by atoms with E-state index in [1.165, 1.54) is 17.8 Å². The van der Waals surface area contributed by atoms with Gasteiger partial charge in [-0.1, -0.05) is 17.7 Å². The molecule has 5 heteroatoms. The predicted molar refractivity (Wildman–Crippen MR) is 83.0 cm³/mol. The highest BCUT2D eigenvalue weighted by atomic mass is 35.5. The minimum atomic E-state index is 0.143. The molecule has 0 aliphatic carbocycles. The molecule has 1 amide bonds. The van der Waals surface area contributed by atoms with Gasteiger partial charge in [-0.15, -0.1) is 17.9 Å². The van der Waals surface area contributed by atoms with Crippen molar-refractivity contribution in [2.75, 3.05) is 6.54 Å². The monoisotopic (exact) mass is 310 g/mol. The molecular formula is C15H19ClN2OS. The number of amides is 1. The van der Waals surface area contributed by atoms with Crippen LogP contribution >= 0.6 is 22.9 Å². The lowest BCUT2D eigenvalue weighted by atomic mass is 9.88. The SMILES string of the molecule is C=CCN(Cc1ccc(Cl)s1)C(=O)C1CC2CCC1N2. The Kier molecular flexibility index (Phi) is 4.15. The first kappa shape index (κ1) is 14.1. The highest BCUT2D eigenvalue weighted by molar-refractivity contribution is 7.16. The van der Waals surface area contributed by atoms with Gasteiger partial charge in [0.2, 0.25) is 5.91 Å². The largest absolute Gasteiger partial charge is 0.334 e. The molecule has 0 aromatic carbocycles. The fraction of sp³-hybridized carbons (Fsp3) is 0.533. The molecule has 2 aliphatic rings. The Balaban J connectivity index is 1.69. The van der Waals surface area contributed by atoms with Crippen LogP contribution in [0, 0.1) is 5.92 Å². The van der Waals surface area contributed by atoms with Crippen molar-refractivity contribution < 1.29 is 4.79 Å². The molecule has 3 heterocycles. The molecule has 0 radical (unpaired) electrons. The number of carbonyl (C=O) groups excluding carboxylic acids is 1. The van der Waals surface area contributed by atoms with Gasteiger partial charge in [0, 0.05) is 23.5 Å². The molecule has 20 heavy (non-hydrogen) atoms. The lowest BCUT2D eigenvalue weighted by Gasteiger charge is -2.27. The lowest BCUT2D eigenvalue weighted by Crippen LogP contribution is -2.40. The average molecular weight is 311 g/mol. The third kappa shape index (κ3) is 2.78. The molecular weight excluding hydrogens is 292 g/mol. The molecule has 0 saturated carbocycles. The number of hydrogen-bond acceptors (Lipinski definition) is 3. The van der Waals surface area contributed by atoms with Crippen LogP contribution in [0.3, 0.4) is 0 Å². The van der Waals surface area contributed by atoms with Crippen molar-refractivity contribution in [2.45, 2.75) is 37.9 Å². The van der Waals surface area contributed by atoms with E-state index in [0.717, 1.165) is 22.1 Å². The number of nitrogens with zero attached hydrogens (tertiary/aromatic N) is 1. The third-order valence-electron chi connectivity index (χ3n) is 4.25. The van der Waals surface area contributed by atoms with E-state index >= 15 is 0 Å². The van der Waals surface area contributed by atoms with E-state index < -0.39 is 0 Å². The Morgan fingerprint density at radius 2 is 2.40 bits per heavy atom. The van der Waals surface area contributed by atoms with E-state index in [0.29, 0.717) is 25.2 Å². The second kappa shape index (κ2) is 5.88. The summed E-state index contributed by atoms with van der Waals surface area (Å²) in [6.45, 7) is 5.01.